The lowest BCUT2D eigenvalue weighted by atomic mass is 10.2. The number of ether oxygens (including phenoxy) is 2. The normalized spacial score (nSPS) is 11.4. The monoisotopic (exact) mass is 716 g/mol. The number of anilines is 2. The Morgan fingerprint density at radius 1 is 0.941 bits per heavy atom. The van der Waals surface area contributed by atoms with Crippen molar-refractivity contribution in [3.05, 3.63) is 72.0 Å². The van der Waals surface area contributed by atoms with Gasteiger partial charge in [-0.15, -0.1) is 0 Å². The van der Waals surface area contributed by atoms with E-state index in [-0.39, 0.29) is 46.9 Å². The molecule has 0 saturated carbocycles. The van der Waals surface area contributed by atoms with Crippen molar-refractivity contribution >= 4 is 29.2 Å². The molecule has 1 aromatic carbocycles. The summed E-state index contributed by atoms with van der Waals surface area (Å²) in [6.45, 7) is 1.63. The van der Waals surface area contributed by atoms with Crippen molar-refractivity contribution in [2.24, 2.45) is 5.73 Å². The molecular formula is C33H39F3N8O7. The molecule has 0 radical (unpaired) electrons. The molecule has 0 fully saturated rings. The summed E-state index contributed by atoms with van der Waals surface area (Å²) in [5.74, 6) is -2.06. The van der Waals surface area contributed by atoms with E-state index in [1.54, 1.807) is 24.3 Å². The Morgan fingerprint density at radius 3 is 2.35 bits per heavy atom. The van der Waals surface area contributed by atoms with E-state index in [4.69, 9.17) is 24.7 Å². The molecule has 0 aliphatic heterocycles. The third-order valence-electron chi connectivity index (χ3n) is 7.12. The van der Waals surface area contributed by atoms with Crippen LogP contribution in [0.2, 0.25) is 0 Å². The predicted molar refractivity (Wildman–Crippen MR) is 178 cm³/mol. The van der Waals surface area contributed by atoms with E-state index >= 15 is 0 Å². The lowest BCUT2D eigenvalue weighted by molar-refractivity contribution is -0.115. The van der Waals surface area contributed by atoms with Gasteiger partial charge in [0.2, 0.25) is 5.89 Å². The Morgan fingerprint density at radius 2 is 1.67 bits per heavy atom. The number of hydrogen-bond donors (Lipinski definition) is 5. The second-order valence-electron chi connectivity index (χ2n) is 11.1. The number of hydrogen-bond acceptors (Lipinski definition) is 11. The topological polar surface area (TPSA) is 209 Å². The average Bonchev–Trinajstić information content (AvgIpc) is 3.78. The van der Waals surface area contributed by atoms with Crippen LogP contribution in [0.4, 0.5) is 24.7 Å². The summed E-state index contributed by atoms with van der Waals surface area (Å²) in [5, 5.41) is 20.5. The molecule has 3 heterocycles. The minimum absolute atomic E-state index is 0.0191. The number of nitrogens with two attached hydrogens (primary N) is 1. The summed E-state index contributed by atoms with van der Waals surface area (Å²) in [4.78, 5) is 45.7. The van der Waals surface area contributed by atoms with E-state index in [1.165, 1.54) is 29.2 Å². The molecule has 0 bridgehead atoms. The number of aliphatic hydroxyl groups excluding tert-OH is 1. The average molecular weight is 717 g/mol. The van der Waals surface area contributed by atoms with Crippen LogP contribution >= 0.6 is 0 Å². The number of primary amides is 1. The molecular weight excluding hydrogens is 677 g/mol. The molecule has 0 unspecified atom stereocenters. The van der Waals surface area contributed by atoms with Crippen molar-refractivity contribution in [2.75, 3.05) is 56.8 Å². The molecule has 3 amide bonds. The van der Waals surface area contributed by atoms with Crippen LogP contribution < -0.4 is 21.7 Å². The molecule has 3 aromatic heterocycles. The highest BCUT2D eigenvalue weighted by Gasteiger charge is 2.27. The molecule has 0 aliphatic rings. The minimum Gasteiger partial charge on any atom is -0.444 e. The maximum Gasteiger partial charge on any atom is 0.405 e. The fourth-order valence-electron chi connectivity index (χ4n) is 4.54. The number of aliphatic hydroxyl groups is 1. The van der Waals surface area contributed by atoms with Crippen molar-refractivity contribution in [2.45, 2.75) is 38.3 Å². The molecule has 0 spiro atoms. The van der Waals surface area contributed by atoms with Gasteiger partial charge < -0.3 is 40.7 Å². The second kappa shape index (κ2) is 19.2. The third kappa shape index (κ3) is 12.5. The number of halogens is 3. The minimum atomic E-state index is -4.44. The van der Waals surface area contributed by atoms with Gasteiger partial charge >= 0.3 is 6.18 Å². The zero-order valence-electron chi connectivity index (χ0n) is 27.6. The van der Waals surface area contributed by atoms with E-state index in [0.29, 0.717) is 44.2 Å². The maximum atomic E-state index is 13.0. The van der Waals surface area contributed by atoms with E-state index in [2.05, 4.69) is 31.0 Å². The number of aromatic nitrogens is 4. The van der Waals surface area contributed by atoms with E-state index in [9.17, 15) is 27.6 Å². The number of oxazole rings is 1. The molecule has 51 heavy (non-hydrogen) atoms. The number of carbonyl (C=O) groups is 3. The quantitative estimate of drug-likeness (QED) is 0.0780. The zero-order chi connectivity index (χ0) is 36.6. The Kier molecular flexibility index (Phi) is 14.5. The molecule has 0 atom stereocenters. The summed E-state index contributed by atoms with van der Waals surface area (Å²) in [5.41, 5.74) is 6.20. The zero-order valence-corrected chi connectivity index (χ0v) is 27.6. The highest BCUT2D eigenvalue weighted by atomic mass is 19.4. The Bertz CT molecular complexity index is 1730. The molecule has 15 nitrogen and oxygen atoms in total. The summed E-state index contributed by atoms with van der Waals surface area (Å²) < 4.78 is 55.3. The molecule has 0 aliphatic carbocycles. The van der Waals surface area contributed by atoms with Crippen molar-refractivity contribution in [3.8, 4) is 17.1 Å². The van der Waals surface area contributed by atoms with Gasteiger partial charge in [-0.1, -0.05) is 0 Å². The van der Waals surface area contributed by atoms with E-state index < -0.39 is 24.5 Å². The molecule has 274 valence electrons. The van der Waals surface area contributed by atoms with Gasteiger partial charge in [0.15, 0.2) is 11.4 Å². The van der Waals surface area contributed by atoms with Gasteiger partial charge in [0.25, 0.3) is 17.7 Å². The SMILES string of the molecule is NC(=O)c1nn(-c2ccc(C(=O)NCCCCCOCCOCCCCO)cc2)cc1NC(=O)c1coc(-c2ccnc(NCC(F)(F)F)c2)n1. The van der Waals surface area contributed by atoms with Crippen LogP contribution in [0.25, 0.3) is 17.1 Å². The van der Waals surface area contributed by atoms with Gasteiger partial charge in [0.05, 0.1) is 30.8 Å². The van der Waals surface area contributed by atoms with Crippen LogP contribution in [0.15, 0.2) is 59.5 Å². The Balaban J connectivity index is 1.25. The lowest BCUT2D eigenvalue weighted by Crippen LogP contribution is -2.24. The van der Waals surface area contributed by atoms with Crippen molar-refractivity contribution < 1.29 is 46.6 Å². The first-order chi connectivity index (χ1) is 24.5. The largest absolute Gasteiger partial charge is 0.444 e. The van der Waals surface area contributed by atoms with E-state index in [0.717, 1.165) is 38.4 Å². The Hall–Kier alpha value is -5.33. The van der Waals surface area contributed by atoms with E-state index in [1.807, 2.05) is 0 Å². The first-order valence-electron chi connectivity index (χ1n) is 16.1. The van der Waals surface area contributed by atoms with Gasteiger partial charge in [0.1, 0.15) is 18.6 Å². The van der Waals surface area contributed by atoms with Gasteiger partial charge in [-0.2, -0.15) is 18.3 Å². The summed E-state index contributed by atoms with van der Waals surface area (Å²) >= 11 is 0. The van der Waals surface area contributed by atoms with Gasteiger partial charge in [0, 0.05) is 43.7 Å². The summed E-state index contributed by atoms with van der Waals surface area (Å²) in [6.07, 6.45) is 3.30. The van der Waals surface area contributed by atoms with Gasteiger partial charge in [-0.05, 0) is 68.5 Å². The van der Waals surface area contributed by atoms with Crippen molar-refractivity contribution in [1.82, 2.24) is 25.1 Å². The molecule has 4 rings (SSSR count). The number of amides is 3. The van der Waals surface area contributed by atoms with Gasteiger partial charge in [-0.25, -0.2) is 14.6 Å². The highest BCUT2D eigenvalue weighted by Crippen LogP contribution is 2.24. The molecule has 0 saturated heterocycles. The first-order valence-corrected chi connectivity index (χ1v) is 16.1. The number of benzene rings is 1. The first kappa shape index (κ1) is 38.5. The number of carbonyl (C=O) groups excluding carboxylic acids is 3. The summed E-state index contributed by atoms with van der Waals surface area (Å²) in [7, 11) is 0. The van der Waals surface area contributed by atoms with Crippen LogP contribution in [0.3, 0.4) is 0 Å². The smallest absolute Gasteiger partial charge is 0.405 e. The standard InChI is InChI=1S/C33H39F3N8O7/c34-33(35,36)21-40-27-18-23(10-12-38-27)32-42-26(20-51-32)31(48)41-25-19-44(43-28(25)29(37)46)24-8-6-22(7-9-24)30(47)39-11-2-1-4-14-49-16-17-50-15-5-3-13-45/h6-10,12,18-20,45H,1-5,11,13-17,21H2,(H2,37,46)(H,38,40)(H,39,47)(H,41,48). The third-order valence-corrected chi connectivity index (χ3v) is 7.12. The fourth-order valence-corrected chi connectivity index (χ4v) is 4.54. The number of pyridine rings is 1. The van der Waals surface area contributed by atoms with Crippen LogP contribution in [-0.4, -0.2) is 94.9 Å². The van der Waals surface area contributed by atoms with Crippen molar-refractivity contribution in [3.63, 3.8) is 0 Å². The number of nitrogens with one attached hydrogen (secondary N) is 3. The van der Waals surface area contributed by atoms with Crippen molar-refractivity contribution in [1.29, 1.82) is 0 Å². The summed E-state index contributed by atoms with van der Waals surface area (Å²) in [6, 6.07) is 9.14. The number of unbranched alkanes of at least 4 members (excludes halogenated alkanes) is 3. The van der Waals surface area contributed by atoms with Crippen LogP contribution in [0.1, 0.15) is 63.4 Å². The second-order valence-corrected chi connectivity index (χ2v) is 11.1. The predicted octanol–water partition coefficient (Wildman–Crippen LogP) is 3.95. The molecule has 18 heteroatoms. The number of nitrogens with zero attached hydrogens (tertiary/aromatic N) is 4. The van der Waals surface area contributed by atoms with Crippen LogP contribution in [0.5, 0.6) is 0 Å². The van der Waals surface area contributed by atoms with Crippen LogP contribution in [-0.2, 0) is 9.47 Å². The molecule has 4 aromatic rings. The number of alkyl halides is 3. The Labute approximate surface area is 290 Å². The highest BCUT2D eigenvalue weighted by molar-refractivity contribution is 6.07. The van der Waals surface area contributed by atoms with Crippen LogP contribution in [0, 0.1) is 0 Å². The number of rotatable bonds is 21. The van der Waals surface area contributed by atoms with Gasteiger partial charge in [-0.3, -0.25) is 14.4 Å². The maximum absolute atomic E-state index is 13.0. The molecule has 6 N–H and O–H groups in total. The lowest BCUT2D eigenvalue weighted by Gasteiger charge is -2.08. The fraction of sp³-hybridized carbons (Fsp3) is 0.394.